The van der Waals surface area contributed by atoms with Crippen LogP contribution in [0.2, 0.25) is 0 Å². The summed E-state index contributed by atoms with van der Waals surface area (Å²) in [5.74, 6) is -0.894. The van der Waals surface area contributed by atoms with E-state index in [2.05, 4.69) is 17.2 Å². The zero-order valence-corrected chi connectivity index (χ0v) is 22.3. The molecule has 0 saturated carbocycles. The van der Waals surface area contributed by atoms with Crippen LogP contribution in [0.5, 0.6) is 0 Å². The number of amides is 3. The predicted molar refractivity (Wildman–Crippen MR) is 139 cm³/mol. The van der Waals surface area contributed by atoms with E-state index in [4.69, 9.17) is 4.74 Å². The monoisotopic (exact) mass is 489 g/mol. The minimum Gasteiger partial charge on any atom is -0.444 e. The molecule has 8 heteroatoms. The molecule has 0 aliphatic heterocycles. The summed E-state index contributed by atoms with van der Waals surface area (Å²) in [6, 6.07) is 4.60. The van der Waals surface area contributed by atoms with Gasteiger partial charge in [0.25, 0.3) is 0 Å². The van der Waals surface area contributed by atoms with E-state index in [1.165, 1.54) is 4.90 Å². The average molecular weight is 490 g/mol. The Labute approximate surface area is 210 Å². The maximum absolute atomic E-state index is 13.8. The van der Waals surface area contributed by atoms with E-state index in [0.29, 0.717) is 12.0 Å². The molecular formula is C27H43N3O5. The van der Waals surface area contributed by atoms with Crippen molar-refractivity contribution < 1.29 is 24.2 Å². The number of nitrogens with zero attached hydrogens (tertiary/aromatic N) is 1. The van der Waals surface area contributed by atoms with Gasteiger partial charge in [-0.2, -0.15) is 0 Å². The third kappa shape index (κ3) is 9.36. The number of rotatable bonds is 12. The van der Waals surface area contributed by atoms with Crippen LogP contribution in [-0.2, 0) is 14.3 Å². The second-order valence-electron chi connectivity index (χ2n) is 9.86. The Morgan fingerprint density at radius 1 is 1.17 bits per heavy atom. The molecule has 1 aromatic rings. The zero-order valence-electron chi connectivity index (χ0n) is 22.3. The van der Waals surface area contributed by atoms with Gasteiger partial charge in [0.15, 0.2) is 0 Å². The number of aliphatic hydroxyl groups excluding tert-OH is 1. The molecule has 0 saturated heterocycles. The molecule has 3 amide bonds. The van der Waals surface area contributed by atoms with Gasteiger partial charge in [0.05, 0.1) is 6.61 Å². The first kappa shape index (κ1) is 30.2. The highest BCUT2D eigenvalue weighted by Gasteiger charge is 2.38. The van der Waals surface area contributed by atoms with Crippen molar-refractivity contribution in [1.29, 1.82) is 0 Å². The van der Waals surface area contributed by atoms with Crippen LogP contribution >= 0.6 is 0 Å². The lowest BCUT2D eigenvalue weighted by Crippen LogP contribution is -2.57. The van der Waals surface area contributed by atoms with E-state index in [0.717, 1.165) is 18.4 Å². The topological polar surface area (TPSA) is 108 Å². The van der Waals surface area contributed by atoms with E-state index in [9.17, 15) is 19.5 Å². The highest BCUT2D eigenvalue weighted by atomic mass is 16.6. The molecule has 4 atom stereocenters. The van der Waals surface area contributed by atoms with Crippen LogP contribution in [0.3, 0.4) is 0 Å². The van der Waals surface area contributed by atoms with Crippen LogP contribution < -0.4 is 10.6 Å². The van der Waals surface area contributed by atoms with Crippen LogP contribution in [0.25, 0.3) is 6.08 Å². The standard InChI is InChI=1S/C27H43N3O5/c1-9-13-18(4)28-24(32)23(21-15-12-14-20(11-3)16-21)30(19(5)10-2)25(33)22(17-31)29-26(34)35-27(6,7)8/h11-12,14-16,18-19,22-23,31H,3,9-10,13,17H2,1-2,4-8H3,(H,28,32)(H,29,34). The number of hydrogen-bond acceptors (Lipinski definition) is 5. The molecule has 3 N–H and O–H groups in total. The summed E-state index contributed by atoms with van der Waals surface area (Å²) in [5, 5.41) is 15.5. The Balaban J connectivity index is 3.48. The summed E-state index contributed by atoms with van der Waals surface area (Å²) in [5.41, 5.74) is 0.655. The molecule has 0 fully saturated rings. The molecule has 0 radical (unpaired) electrons. The quantitative estimate of drug-likeness (QED) is 0.408. The number of benzene rings is 1. The number of nitrogens with one attached hydrogen (secondary N) is 2. The smallest absolute Gasteiger partial charge is 0.408 e. The number of carbonyl (C=O) groups is 3. The van der Waals surface area contributed by atoms with Crippen LogP contribution in [-0.4, -0.2) is 58.2 Å². The second kappa shape index (κ2) is 13.9. The second-order valence-corrected chi connectivity index (χ2v) is 9.86. The molecule has 0 aromatic heterocycles. The highest BCUT2D eigenvalue weighted by Crippen LogP contribution is 2.27. The minimum atomic E-state index is -1.27. The van der Waals surface area contributed by atoms with Crippen LogP contribution in [0, 0.1) is 0 Å². The summed E-state index contributed by atoms with van der Waals surface area (Å²) >= 11 is 0. The Morgan fingerprint density at radius 2 is 1.83 bits per heavy atom. The Bertz CT molecular complexity index is 865. The molecule has 0 heterocycles. The van der Waals surface area contributed by atoms with Gasteiger partial charge in [-0.3, -0.25) is 9.59 Å². The summed E-state index contributed by atoms with van der Waals surface area (Å²) < 4.78 is 5.27. The van der Waals surface area contributed by atoms with Crippen molar-refractivity contribution in [1.82, 2.24) is 15.5 Å². The van der Waals surface area contributed by atoms with Gasteiger partial charge in [-0.05, 0) is 64.7 Å². The first-order chi connectivity index (χ1) is 16.4. The zero-order chi connectivity index (χ0) is 26.8. The third-order valence-corrected chi connectivity index (χ3v) is 5.59. The highest BCUT2D eigenvalue weighted by molar-refractivity contribution is 5.92. The molecule has 1 rings (SSSR count). The lowest BCUT2D eigenvalue weighted by atomic mass is 9.98. The first-order valence-electron chi connectivity index (χ1n) is 12.3. The molecule has 4 unspecified atom stereocenters. The number of aliphatic hydroxyl groups is 1. The van der Waals surface area contributed by atoms with Crippen molar-refractivity contribution in [3.05, 3.63) is 42.0 Å². The number of carbonyl (C=O) groups excluding carboxylic acids is 3. The molecule has 0 aliphatic rings. The molecule has 0 aliphatic carbocycles. The Kier molecular flexibility index (Phi) is 12.0. The van der Waals surface area contributed by atoms with E-state index in [1.807, 2.05) is 45.9 Å². The van der Waals surface area contributed by atoms with Gasteiger partial charge in [0.2, 0.25) is 11.8 Å². The summed E-state index contributed by atoms with van der Waals surface area (Å²) in [7, 11) is 0. The first-order valence-corrected chi connectivity index (χ1v) is 12.3. The molecule has 0 bridgehead atoms. The van der Waals surface area contributed by atoms with Crippen LogP contribution in [0.1, 0.15) is 84.9 Å². The fourth-order valence-corrected chi connectivity index (χ4v) is 3.73. The lowest BCUT2D eigenvalue weighted by Gasteiger charge is -2.38. The fraction of sp³-hybridized carbons (Fsp3) is 0.593. The molecular weight excluding hydrogens is 446 g/mol. The van der Waals surface area contributed by atoms with E-state index in [1.54, 1.807) is 32.9 Å². The normalized spacial score (nSPS) is 14.7. The minimum absolute atomic E-state index is 0.0833. The van der Waals surface area contributed by atoms with Gasteiger partial charge in [0, 0.05) is 12.1 Å². The predicted octanol–water partition coefficient (Wildman–Crippen LogP) is 4.19. The molecule has 35 heavy (non-hydrogen) atoms. The summed E-state index contributed by atoms with van der Waals surface area (Å²) in [6.45, 7) is 16.0. The Hall–Kier alpha value is -2.87. The van der Waals surface area contributed by atoms with Crippen LogP contribution in [0.4, 0.5) is 4.79 Å². The number of alkyl carbamates (subject to hydrolysis) is 1. The van der Waals surface area contributed by atoms with Gasteiger partial charge in [-0.15, -0.1) is 0 Å². The van der Waals surface area contributed by atoms with E-state index < -0.39 is 36.3 Å². The molecule has 196 valence electrons. The Morgan fingerprint density at radius 3 is 2.34 bits per heavy atom. The van der Waals surface area contributed by atoms with E-state index in [-0.39, 0.29) is 18.0 Å². The maximum atomic E-state index is 13.8. The average Bonchev–Trinajstić information content (AvgIpc) is 2.78. The van der Waals surface area contributed by atoms with Gasteiger partial charge in [-0.1, -0.05) is 51.1 Å². The SMILES string of the molecule is C=Cc1cccc(C(C(=O)NC(C)CCC)N(C(=O)C(CO)NC(=O)OC(C)(C)C)C(C)CC)c1. The molecule has 1 aromatic carbocycles. The number of hydrogen-bond donors (Lipinski definition) is 3. The van der Waals surface area contributed by atoms with E-state index >= 15 is 0 Å². The molecule has 8 nitrogen and oxygen atoms in total. The summed E-state index contributed by atoms with van der Waals surface area (Å²) in [4.78, 5) is 41.2. The van der Waals surface area contributed by atoms with Crippen molar-refractivity contribution in [3.8, 4) is 0 Å². The van der Waals surface area contributed by atoms with Gasteiger partial charge in [-0.25, -0.2) is 4.79 Å². The fourth-order valence-electron chi connectivity index (χ4n) is 3.73. The number of ether oxygens (including phenoxy) is 1. The van der Waals surface area contributed by atoms with Crippen molar-refractivity contribution in [2.24, 2.45) is 0 Å². The van der Waals surface area contributed by atoms with Crippen molar-refractivity contribution in [2.45, 2.75) is 97.5 Å². The third-order valence-electron chi connectivity index (χ3n) is 5.59. The lowest BCUT2D eigenvalue weighted by molar-refractivity contribution is -0.146. The van der Waals surface area contributed by atoms with Crippen molar-refractivity contribution >= 4 is 24.0 Å². The van der Waals surface area contributed by atoms with Crippen LogP contribution in [0.15, 0.2) is 30.8 Å². The maximum Gasteiger partial charge on any atom is 0.408 e. The largest absolute Gasteiger partial charge is 0.444 e. The van der Waals surface area contributed by atoms with Crippen molar-refractivity contribution in [3.63, 3.8) is 0 Å². The molecule has 0 spiro atoms. The van der Waals surface area contributed by atoms with Gasteiger partial charge < -0.3 is 25.4 Å². The summed E-state index contributed by atoms with van der Waals surface area (Å²) in [6.07, 6.45) is 3.11. The van der Waals surface area contributed by atoms with Gasteiger partial charge >= 0.3 is 6.09 Å². The van der Waals surface area contributed by atoms with Gasteiger partial charge in [0.1, 0.15) is 17.7 Å². The van der Waals surface area contributed by atoms with Crippen molar-refractivity contribution in [2.75, 3.05) is 6.61 Å².